The number of carbonyl (C=O) groups excluding carboxylic acids is 1. The van der Waals surface area contributed by atoms with E-state index in [0.29, 0.717) is 22.6 Å². The maximum Gasteiger partial charge on any atom is 0.274 e. The average molecular weight is 388 g/mol. The number of nitrogens with zero attached hydrogens (tertiary/aromatic N) is 3. The molecule has 2 aromatic carbocycles. The van der Waals surface area contributed by atoms with Crippen LogP contribution < -0.4 is 5.43 Å². The number of amides is 1. The third kappa shape index (κ3) is 3.98. The summed E-state index contributed by atoms with van der Waals surface area (Å²) >= 11 is 0. The molecule has 0 aliphatic carbocycles. The van der Waals surface area contributed by atoms with Crippen LogP contribution in [0.25, 0.3) is 16.9 Å². The van der Waals surface area contributed by atoms with Crippen molar-refractivity contribution in [1.29, 1.82) is 0 Å². The monoisotopic (exact) mass is 388 g/mol. The topological polar surface area (TPSA) is 72.4 Å². The largest absolute Gasteiger partial charge is 0.469 e. The van der Waals surface area contributed by atoms with Gasteiger partial charge in [-0.25, -0.2) is 14.5 Å². The summed E-state index contributed by atoms with van der Waals surface area (Å²) in [5, 5.41) is 8.67. The van der Waals surface area contributed by atoms with Crippen molar-refractivity contribution in [2.75, 3.05) is 0 Å². The lowest BCUT2D eigenvalue weighted by molar-refractivity contribution is 0.0953. The van der Waals surface area contributed by atoms with Gasteiger partial charge in [0.2, 0.25) is 0 Å². The standard InChI is InChI=1S/C22H17FN4O2/c1-15-20(11-12-29-15)22(28)25-24-13-17-14-27(19-5-3-2-4-6-19)26-21(17)16-7-9-18(23)10-8-16/h2-14H,1H3,(H,25,28)/b24-13-. The van der Waals surface area contributed by atoms with Gasteiger partial charge in [-0.1, -0.05) is 18.2 Å². The minimum atomic E-state index is -0.369. The van der Waals surface area contributed by atoms with Crippen LogP contribution in [-0.2, 0) is 0 Å². The summed E-state index contributed by atoms with van der Waals surface area (Å²) in [5.74, 6) is -0.179. The van der Waals surface area contributed by atoms with Gasteiger partial charge in [0.1, 0.15) is 17.3 Å². The summed E-state index contributed by atoms with van der Waals surface area (Å²) in [6, 6.07) is 17.2. The summed E-state index contributed by atoms with van der Waals surface area (Å²) in [6.07, 6.45) is 4.76. The molecule has 0 radical (unpaired) electrons. The Morgan fingerprint density at radius 1 is 1.14 bits per heavy atom. The first-order valence-electron chi connectivity index (χ1n) is 8.90. The molecule has 144 valence electrons. The Balaban J connectivity index is 1.65. The van der Waals surface area contributed by atoms with Gasteiger partial charge in [0.15, 0.2) is 0 Å². The summed E-state index contributed by atoms with van der Waals surface area (Å²) in [5.41, 5.74) is 5.79. The lowest BCUT2D eigenvalue weighted by Gasteiger charge is -2.00. The molecule has 0 saturated carbocycles. The van der Waals surface area contributed by atoms with Crippen molar-refractivity contribution in [3.05, 3.63) is 95.8 Å². The number of hydrazone groups is 1. The number of halogens is 1. The number of furan rings is 1. The Morgan fingerprint density at radius 3 is 2.59 bits per heavy atom. The van der Waals surface area contributed by atoms with Crippen LogP contribution in [0.1, 0.15) is 21.7 Å². The molecule has 0 fully saturated rings. The first-order chi connectivity index (χ1) is 14.1. The van der Waals surface area contributed by atoms with Crippen LogP contribution in [-0.4, -0.2) is 21.9 Å². The fourth-order valence-corrected chi connectivity index (χ4v) is 2.87. The highest BCUT2D eigenvalue weighted by Gasteiger charge is 2.13. The number of carbonyl (C=O) groups is 1. The molecule has 0 aliphatic rings. The summed E-state index contributed by atoms with van der Waals surface area (Å²) < 4.78 is 20.2. The Kier molecular flexibility index (Phi) is 5.03. The predicted molar refractivity (Wildman–Crippen MR) is 107 cm³/mol. The van der Waals surface area contributed by atoms with Gasteiger partial charge in [0.05, 0.1) is 23.7 Å². The van der Waals surface area contributed by atoms with E-state index in [9.17, 15) is 9.18 Å². The zero-order valence-corrected chi connectivity index (χ0v) is 15.5. The van der Waals surface area contributed by atoms with E-state index in [1.165, 1.54) is 24.6 Å². The van der Waals surface area contributed by atoms with Crippen molar-refractivity contribution >= 4 is 12.1 Å². The van der Waals surface area contributed by atoms with Crippen LogP contribution in [0, 0.1) is 12.7 Å². The van der Waals surface area contributed by atoms with E-state index in [4.69, 9.17) is 4.42 Å². The number of hydrogen-bond donors (Lipinski definition) is 1. The van der Waals surface area contributed by atoms with Crippen molar-refractivity contribution < 1.29 is 13.6 Å². The van der Waals surface area contributed by atoms with Gasteiger partial charge in [-0.05, 0) is 49.4 Å². The second-order valence-corrected chi connectivity index (χ2v) is 6.31. The quantitative estimate of drug-likeness (QED) is 0.408. The third-order valence-corrected chi connectivity index (χ3v) is 4.35. The molecule has 1 amide bonds. The lowest BCUT2D eigenvalue weighted by atomic mass is 10.1. The molecule has 4 rings (SSSR count). The average Bonchev–Trinajstić information content (AvgIpc) is 3.36. The van der Waals surface area contributed by atoms with Gasteiger partial charge in [0.25, 0.3) is 5.91 Å². The van der Waals surface area contributed by atoms with Gasteiger partial charge in [-0.2, -0.15) is 10.2 Å². The van der Waals surface area contributed by atoms with Crippen LogP contribution >= 0.6 is 0 Å². The molecule has 0 spiro atoms. The van der Waals surface area contributed by atoms with Crippen molar-refractivity contribution in [2.24, 2.45) is 5.10 Å². The van der Waals surface area contributed by atoms with Gasteiger partial charge >= 0.3 is 0 Å². The predicted octanol–water partition coefficient (Wildman–Crippen LogP) is 4.34. The molecular weight excluding hydrogens is 371 g/mol. The van der Waals surface area contributed by atoms with E-state index >= 15 is 0 Å². The van der Waals surface area contributed by atoms with Gasteiger partial charge in [0, 0.05) is 17.3 Å². The van der Waals surface area contributed by atoms with Crippen LogP contribution in [0.5, 0.6) is 0 Å². The fourth-order valence-electron chi connectivity index (χ4n) is 2.87. The molecule has 0 saturated heterocycles. The van der Waals surface area contributed by atoms with E-state index in [2.05, 4.69) is 15.6 Å². The van der Waals surface area contributed by atoms with Gasteiger partial charge < -0.3 is 4.42 Å². The number of nitrogens with one attached hydrogen (secondary N) is 1. The van der Waals surface area contributed by atoms with Crippen LogP contribution in [0.3, 0.4) is 0 Å². The van der Waals surface area contributed by atoms with Gasteiger partial charge in [-0.3, -0.25) is 4.79 Å². The normalized spacial score (nSPS) is 11.1. The van der Waals surface area contributed by atoms with E-state index in [-0.39, 0.29) is 11.7 Å². The van der Waals surface area contributed by atoms with Crippen molar-refractivity contribution in [2.45, 2.75) is 6.92 Å². The summed E-state index contributed by atoms with van der Waals surface area (Å²) in [4.78, 5) is 12.2. The second-order valence-electron chi connectivity index (χ2n) is 6.31. The minimum Gasteiger partial charge on any atom is -0.469 e. The number of hydrogen-bond acceptors (Lipinski definition) is 4. The Bertz CT molecular complexity index is 1160. The van der Waals surface area contributed by atoms with E-state index in [1.807, 2.05) is 30.3 Å². The molecule has 0 bridgehead atoms. The lowest BCUT2D eigenvalue weighted by Crippen LogP contribution is -2.17. The smallest absolute Gasteiger partial charge is 0.274 e. The second kappa shape index (κ2) is 7.93. The Hall–Kier alpha value is -4.00. The van der Waals surface area contributed by atoms with Gasteiger partial charge in [-0.15, -0.1) is 0 Å². The number of aryl methyl sites for hydroxylation is 1. The zero-order chi connectivity index (χ0) is 20.2. The first kappa shape index (κ1) is 18.4. The highest BCUT2D eigenvalue weighted by Crippen LogP contribution is 2.23. The SMILES string of the molecule is Cc1occc1C(=O)N/N=C\c1cn(-c2ccccc2)nc1-c1ccc(F)cc1. The fraction of sp³-hybridized carbons (Fsp3) is 0.0455. The van der Waals surface area contributed by atoms with E-state index in [1.54, 1.807) is 36.0 Å². The molecule has 0 aliphatic heterocycles. The maximum absolute atomic E-state index is 13.3. The maximum atomic E-state index is 13.3. The van der Waals surface area contributed by atoms with Crippen LogP contribution in [0.2, 0.25) is 0 Å². The van der Waals surface area contributed by atoms with E-state index in [0.717, 1.165) is 11.3 Å². The van der Waals surface area contributed by atoms with E-state index < -0.39 is 0 Å². The molecule has 7 heteroatoms. The minimum absolute atomic E-state index is 0.325. The molecule has 29 heavy (non-hydrogen) atoms. The van der Waals surface area contributed by atoms with Crippen molar-refractivity contribution in [3.8, 4) is 16.9 Å². The molecular formula is C22H17FN4O2. The summed E-state index contributed by atoms with van der Waals surface area (Å²) in [6.45, 7) is 1.70. The highest BCUT2D eigenvalue weighted by molar-refractivity contribution is 5.96. The first-order valence-corrected chi connectivity index (χ1v) is 8.90. The zero-order valence-electron chi connectivity index (χ0n) is 15.5. The van der Waals surface area contributed by atoms with Crippen molar-refractivity contribution in [3.63, 3.8) is 0 Å². The number of aromatic nitrogens is 2. The number of rotatable bonds is 5. The molecule has 4 aromatic rings. The van der Waals surface area contributed by atoms with Crippen LogP contribution in [0.4, 0.5) is 4.39 Å². The molecule has 2 aromatic heterocycles. The van der Waals surface area contributed by atoms with Crippen molar-refractivity contribution in [1.82, 2.24) is 15.2 Å². The molecule has 0 unspecified atom stereocenters. The molecule has 0 atom stereocenters. The van der Waals surface area contributed by atoms with Crippen LogP contribution in [0.15, 0.2) is 82.6 Å². The molecule has 1 N–H and O–H groups in total. The highest BCUT2D eigenvalue weighted by atomic mass is 19.1. The Labute approximate surface area is 166 Å². The third-order valence-electron chi connectivity index (χ3n) is 4.35. The number of benzene rings is 2. The molecule has 2 heterocycles. The number of para-hydroxylation sites is 1. The molecule has 6 nitrogen and oxygen atoms in total. The Morgan fingerprint density at radius 2 is 1.90 bits per heavy atom. The summed E-state index contributed by atoms with van der Waals surface area (Å²) in [7, 11) is 0.